The predicted octanol–water partition coefficient (Wildman–Crippen LogP) is 5.14. The maximum absolute atomic E-state index is 13.9. The SMILES string of the molecule is CCc1cc2c(cc3n2C[C@@](C)(C(=O)NC2CCCCC2)N(Cc2ccccc2OC)C3=O)s1. The van der Waals surface area contributed by atoms with Crippen LogP contribution in [-0.4, -0.2) is 40.0 Å². The summed E-state index contributed by atoms with van der Waals surface area (Å²) in [6, 6.07) is 12.1. The van der Waals surface area contributed by atoms with E-state index in [4.69, 9.17) is 4.74 Å². The summed E-state index contributed by atoms with van der Waals surface area (Å²) < 4.78 is 8.73. The van der Waals surface area contributed by atoms with Gasteiger partial charge in [0.25, 0.3) is 5.91 Å². The number of carbonyl (C=O) groups excluding carboxylic acids is 2. The fraction of sp³-hybridized carbons (Fsp3) is 0.481. The third-order valence-corrected chi connectivity index (χ3v) is 8.68. The van der Waals surface area contributed by atoms with Crippen LogP contribution >= 0.6 is 11.3 Å². The smallest absolute Gasteiger partial charge is 0.271 e. The monoisotopic (exact) mass is 479 g/mol. The van der Waals surface area contributed by atoms with Crippen LogP contribution in [0.4, 0.5) is 0 Å². The van der Waals surface area contributed by atoms with Crippen molar-refractivity contribution in [3.63, 3.8) is 0 Å². The van der Waals surface area contributed by atoms with Crippen LogP contribution in [0.25, 0.3) is 10.2 Å². The van der Waals surface area contributed by atoms with Crippen LogP contribution in [0.3, 0.4) is 0 Å². The van der Waals surface area contributed by atoms with Gasteiger partial charge in [-0.25, -0.2) is 0 Å². The summed E-state index contributed by atoms with van der Waals surface area (Å²) in [7, 11) is 1.64. The molecule has 1 aromatic carbocycles. The average Bonchev–Trinajstić information content (AvgIpc) is 3.41. The lowest BCUT2D eigenvalue weighted by molar-refractivity contribution is -0.134. The van der Waals surface area contributed by atoms with E-state index in [0.717, 1.165) is 53.6 Å². The topological polar surface area (TPSA) is 63.6 Å². The number of benzene rings is 1. The number of hydrogen-bond acceptors (Lipinski definition) is 4. The highest BCUT2D eigenvalue weighted by Crippen LogP contribution is 2.37. The number of para-hydroxylation sites is 1. The van der Waals surface area contributed by atoms with Crippen LogP contribution in [0.1, 0.15) is 66.9 Å². The van der Waals surface area contributed by atoms with Crippen molar-refractivity contribution >= 4 is 33.4 Å². The molecule has 1 fully saturated rings. The Kier molecular flexibility index (Phi) is 6.15. The van der Waals surface area contributed by atoms with Gasteiger partial charge in [0.1, 0.15) is 17.0 Å². The maximum atomic E-state index is 13.9. The Morgan fingerprint density at radius 3 is 2.71 bits per heavy atom. The standard InChI is InChI=1S/C27H33N3O3S/c1-4-20-14-21-24(34-20)15-22-25(31)30(16-18-10-8-9-13-23(18)33-3)27(2,17-29(21)22)26(32)28-19-11-6-5-7-12-19/h8-10,13-15,19H,4-7,11-12,16-17H2,1-3H3,(H,28,32)/t27-/m0/s1. The van der Waals surface area contributed by atoms with E-state index in [2.05, 4.69) is 22.9 Å². The van der Waals surface area contributed by atoms with E-state index < -0.39 is 5.54 Å². The second-order valence-corrected chi connectivity index (χ2v) is 10.9. The van der Waals surface area contributed by atoms with Crippen molar-refractivity contribution in [3.05, 3.63) is 52.5 Å². The first-order valence-corrected chi connectivity index (χ1v) is 13.1. The summed E-state index contributed by atoms with van der Waals surface area (Å²) in [5.74, 6) is 0.542. The highest BCUT2D eigenvalue weighted by Gasteiger charge is 2.48. The molecule has 2 amide bonds. The van der Waals surface area contributed by atoms with Crippen molar-refractivity contribution in [2.45, 2.75) is 77.0 Å². The average molecular weight is 480 g/mol. The molecule has 34 heavy (non-hydrogen) atoms. The molecule has 1 atom stereocenters. The second-order valence-electron chi connectivity index (χ2n) is 9.72. The lowest BCUT2D eigenvalue weighted by atomic mass is 9.91. The van der Waals surface area contributed by atoms with Gasteiger partial charge < -0.3 is 19.5 Å². The van der Waals surface area contributed by atoms with E-state index in [0.29, 0.717) is 18.8 Å². The van der Waals surface area contributed by atoms with Gasteiger partial charge in [-0.3, -0.25) is 9.59 Å². The number of nitrogens with one attached hydrogen (secondary N) is 1. The zero-order valence-corrected chi connectivity index (χ0v) is 21.0. The Morgan fingerprint density at radius 2 is 1.97 bits per heavy atom. The summed E-state index contributed by atoms with van der Waals surface area (Å²) in [6.07, 6.45) is 6.48. The minimum absolute atomic E-state index is 0.0684. The number of aryl methyl sites for hydroxylation is 1. The lowest BCUT2D eigenvalue weighted by Gasteiger charge is -2.45. The normalized spacial score (nSPS) is 21.0. The summed E-state index contributed by atoms with van der Waals surface area (Å²) in [6.45, 7) is 4.81. The van der Waals surface area contributed by atoms with E-state index in [1.807, 2.05) is 37.3 Å². The van der Waals surface area contributed by atoms with Crippen molar-refractivity contribution in [3.8, 4) is 5.75 Å². The third-order valence-electron chi connectivity index (χ3n) is 7.47. The Bertz CT molecular complexity index is 1220. The number of fused-ring (bicyclic) bond motifs is 3. The first-order valence-electron chi connectivity index (χ1n) is 12.3. The zero-order chi connectivity index (χ0) is 23.9. The summed E-state index contributed by atoms with van der Waals surface area (Å²) in [4.78, 5) is 30.9. The number of rotatable bonds is 6. The molecule has 6 nitrogen and oxygen atoms in total. The Hall–Kier alpha value is -2.80. The number of hydrogen-bond donors (Lipinski definition) is 1. The number of methoxy groups -OCH3 is 1. The van der Waals surface area contributed by atoms with Crippen molar-refractivity contribution in [1.82, 2.24) is 14.8 Å². The molecule has 0 saturated heterocycles. The van der Waals surface area contributed by atoms with Gasteiger partial charge in [0.2, 0.25) is 5.91 Å². The Labute approximate surface area is 204 Å². The van der Waals surface area contributed by atoms with E-state index in [-0.39, 0.29) is 17.9 Å². The number of ether oxygens (including phenoxy) is 1. The summed E-state index contributed by atoms with van der Waals surface area (Å²) in [5.41, 5.74) is 1.59. The summed E-state index contributed by atoms with van der Waals surface area (Å²) >= 11 is 1.73. The zero-order valence-electron chi connectivity index (χ0n) is 20.2. The molecule has 3 aromatic rings. The molecule has 0 unspecified atom stereocenters. The van der Waals surface area contributed by atoms with Crippen LogP contribution in [0, 0.1) is 0 Å². The minimum atomic E-state index is -1.01. The molecule has 3 heterocycles. The predicted molar refractivity (Wildman–Crippen MR) is 135 cm³/mol. The number of carbonyl (C=O) groups is 2. The highest BCUT2D eigenvalue weighted by atomic mass is 32.1. The molecule has 5 rings (SSSR count). The fourth-order valence-electron chi connectivity index (χ4n) is 5.40. The van der Waals surface area contributed by atoms with E-state index >= 15 is 0 Å². The van der Waals surface area contributed by atoms with Crippen LogP contribution in [0.2, 0.25) is 0 Å². The first kappa shape index (κ1) is 23.0. The van der Waals surface area contributed by atoms with E-state index in [1.165, 1.54) is 11.3 Å². The minimum Gasteiger partial charge on any atom is -0.496 e. The molecule has 1 aliphatic heterocycles. The number of amides is 2. The van der Waals surface area contributed by atoms with Crippen LogP contribution in [0.5, 0.6) is 5.75 Å². The second kappa shape index (κ2) is 9.10. The molecule has 1 aliphatic carbocycles. The molecule has 0 radical (unpaired) electrons. The maximum Gasteiger partial charge on any atom is 0.271 e. The molecule has 0 spiro atoms. The van der Waals surface area contributed by atoms with Crippen LogP contribution in [0.15, 0.2) is 36.4 Å². The van der Waals surface area contributed by atoms with Gasteiger partial charge in [-0.05, 0) is 44.4 Å². The lowest BCUT2D eigenvalue weighted by Crippen LogP contribution is -2.64. The number of nitrogens with zero attached hydrogens (tertiary/aromatic N) is 2. The molecule has 0 bridgehead atoms. The number of thiophene rings is 1. The van der Waals surface area contributed by atoms with Crippen molar-refractivity contribution in [1.29, 1.82) is 0 Å². The first-order chi connectivity index (χ1) is 16.4. The molecule has 1 saturated carbocycles. The van der Waals surface area contributed by atoms with Crippen LogP contribution in [-0.2, 0) is 24.3 Å². The van der Waals surface area contributed by atoms with Crippen molar-refractivity contribution in [2.24, 2.45) is 0 Å². The van der Waals surface area contributed by atoms with E-state index in [1.54, 1.807) is 23.3 Å². The fourth-order valence-corrected chi connectivity index (χ4v) is 6.44. The molecule has 2 aromatic heterocycles. The van der Waals surface area contributed by atoms with Gasteiger partial charge in [0.05, 0.1) is 30.4 Å². The number of aromatic nitrogens is 1. The molecular weight excluding hydrogens is 446 g/mol. The molecular formula is C27H33N3O3S. The molecule has 1 N–H and O–H groups in total. The van der Waals surface area contributed by atoms with Gasteiger partial charge in [0, 0.05) is 16.5 Å². The quantitative estimate of drug-likeness (QED) is 0.533. The van der Waals surface area contributed by atoms with Gasteiger partial charge in [-0.2, -0.15) is 0 Å². The molecule has 2 aliphatic rings. The van der Waals surface area contributed by atoms with Gasteiger partial charge in [-0.15, -0.1) is 11.3 Å². The molecule has 7 heteroatoms. The van der Waals surface area contributed by atoms with Gasteiger partial charge >= 0.3 is 0 Å². The van der Waals surface area contributed by atoms with E-state index in [9.17, 15) is 9.59 Å². The van der Waals surface area contributed by atoms with Gasteiger partial charge in [0.15, 0.2) is 0 Å². The third kappa shape index (κ3) is 3.90. The van der Waals surface area contributed by atoms with Crippen LogP contribution < -0.4 is 10.1 Å². The summed E-state index contributed by atoms with van der Waals surface area (Å²) in [5, 5.41) is 3.31. The largest absolute Gasteiger partial charge is 0.496 e. The molecule has 180 valence electrons. The van der Waals surface area contributed by atoms with Gasteiger partial charge in [-0.1, -0.05) is 44.4 Å². The Balaban J connectivity index is 1.56. The van der Waals surface area contributed by atoms with Crippen molar-refractivity contribution in [2.75, 3.05) is 7.11 Å². The van der Waals surface area contributed by atoms with Crippen molar-refractivity contribution < 1.29 is 14.3 Å². The highest BCUT2D eigenvalue weighted by molar-refractivity contribution is 7.19. The Morgan fingerprint density at radius 1 is 1.21 bits per heavy atom.